The lowest BCUT2D eigenvalue weighted by Crippen LogP contribution is -2.36. The first-order valence-corrected chi connectivity index (χ1v) is 13.2. The van der Waals surface area contributed by atoms with E-state index >= 15 is 0 Å². The molecule has 0 saturated heterocycles. The highest BCUT2D eigenvalue weighted by atomic mass is 32.2. The average Bonchev–Trinajstić information content (AvgIpc) is 3.55. The van der Waals surface area contributed by atoms with Gasteiger partial charge in [0.15, 0.2) is 0 Å². The predicted octanol–water partition coefficient (Wildman–Crippen LogP) is 3.36. The van der Waals surface area contributed by atoms with Crippen molar-refractivity contribution in [3.63, 3.8) is 0 Å². The molecule has 1 unspecified atom stereocenters. The largest absolute Gasteiger partial charge is 0.325 e. The van der Waals surface area contributed by atoms with E-state index in [0.717, 1.165) is 33.3 Å². The van der Waals surface area contributed by atoms with E-state index < -0.39 is 15.9 Å². The van der Waals surface area contributed by atoms with Crippen molar-refractivity contribution in [2.75, 3.05) is 30.1 Å². The van der Waals surface area contributed by atoms with Crippen molar-refractivity contribution in [1.29, 1.82) is 0 Å². The van der Waals surface area contributed by atoms with Gasteiger partial charge in [-0.25, -0.2) is 8.42 Å². The van der Waals surface area contributed by atoms with E-state index in [-0.39, 0.29) is 29.3 Å². The molecule has 0 bridgehead atoms. The second-order valence-electron chi connectivity index (χ2n) is 8.37. The van der Waals surface area contributed by atoms with Crippen molar-refractivity contribution in [3.05, 3.63) is 48.0 Å². The van der Waals surface area contributed by atoms with Crippen LogP contribution in [0.5, 0.6) is 0 Å². The number of benzene rings is 2. The molecule has 0 radical (unpaired) electrons. The van der Waals surface area contributed by atoms with Gasteiger partial charge in [0.05, 0.1) is 11.4 Å². The highest BCUT2D eigenvalue weighted by Gasteiger charge is 2.40. The molecular weight excluding hydrogens is 446 g/mol. The van der Waals surface area contributed by atoms with Crippen LogP contribution in [-0.2, 0) is 26.0 Å². The van der Waals surface area contributed by atoms with Crippen LogP contribution >= 0.6 is 11.8 Å². The number of amides is 2. The fourth-order valence-electron chi connectivity index (χ4n) is 4.00. The predicted molar refractivity (Wildman–Crippen MR) is 126 cm³/mol. The Morgan fingerprint density at radius 2 is 1.94 bits per heavy atom. The Balaban J connectivity index is 1.47. The lowest BCUT2D eigenvalue weighted by Gasteiger charge is -2.23. The van der Waals surface area contributed by atoms with E-state index in [1.54, 1.807) is 30.0 Å². The van der Waals surface area contributed by atoms with Crippen molar-refractivity contribution in [2.24, 2.45) is 5.92 Å². The van der Waals surface area contributed by atoms with Crippen molar-refractivity contribution in [1.82, 2.24) is 4.31 Å². The zero-order valence-electron chi connectivity index (χ0n) is 18.4. The topological polar surface area (TPSA) is 86.8 Å². The second-order valence-corrected chi connectivity index (χ2v) is 11.3. The van der Waals surface area contributed by atoms with Gasteiger partial charge >= 0.3 is 0 Å². The normalized spacial score (nSPS) is 18.0. The van der Waals surface area contributed by atoms with Crippen LogP contribution in [0.1, 0.15) is 25.3 Å². The summed E-state index contributed by atoms with van der Waals surface area (Å²) in [7, 11) is -2.46. The molecule has 170 valence electrons. The van der Waals surface area contributed by atoms with Crippen LogP contribution < -0.4 is 10.2 Å². The van der Waals surface area contributed by atoms with Crippen LogP contribution in [0, 0.1) is 5.92 Å². The number of nitrogens with zero attached hydrogens (tertiary/aromatic N) is 2. The molecule has 1 atom stereocenters. The van der Waals surface area contributed by atoms with Gasteiger partial charge in [0.2, 0.25) is 21.8 Å². The monoisotopic (exact) mass is 473 g/mol. The van der Waals surface area contributed by atoms with E-state index in [1.165, 1.54) is 13.1 Å². The van der Waals surface area contributed by atoms with Crippen LogP contribution in [0.3, 0.4) is 0 Å². The third kappa shape index (κ3) is 4.55. The number of likely N-dealkylation sites (N-methyl/N-ethyl adjacent to an activating group) is 1. The highest BCUT2D eigenvalue weighted by Crippen LogP contribution is 2.39. The Bertz CT molecular complexity index is 1160. The minimum atomic E-state index is -3.85. The highest BCUT2D eigenvalue weighted by molar-refractivity contribution is 7.98. The molecule has 1 heterocycles. The SMILES string of the molecule is CSc1cccc(NC(=O)CN(C)S(=O)(=O)c2ccc3c(c2)CC(C)N3C(=O)C2CC2)c1. The molecule has 32 heavy (non-hydrogen) atoms. The van der Waals surface area contributed by atoms with Crippen LogP contribution in [0.15, 0.2) is 52.3 Å². The van der Waals surface area contributed by atoms with Crippen LogP contribution in [0.2, 0.25) is 0 Å². The maximum atomic E-state index is 13.1. The fourth-order valence-corrected chi connectivity index (χ4v) is 5.64. The molecule has 4 rings (SSSR count). The van der Waals surface area contributed by atoms with E-state index in [2.05, 4.69) is 5.32 Å². The number of thioether (sulfide) groups is 1. The van der Waals surface area contributed by atoms with Gasteiger partial charge in [-0.3, -0.25) is 9.59 Å². The number of anilines is 2. The van der Waals surface area contributed by atoms with Gasteiger partial charge in [0.25, 0.3) is 0 Å². The number of carbonyl (C=O) groups excluding carboxylic acids is 2. The summed E-state index contributed by atoms with van der Waals surface area (Å²) in [5.74, 6) is -0.176. The number of fused-ring (bicyclic) bond motifs is 1. The molecule has 1 fully saturated rings. The Labute approximate surface area is 193 Å². The molecule has 2 aromatic rings. The molecule has 2 amide bonds. The van der Waals surface area contributed by atoms with Gasteiger partial charge in [-0.2, -0.15) is 4.31 Å². The summed E-state index contributed by atoms with van der Waals surface area (Å²) in [5, 5.41) is 2.75. The Kier molecular flexibility index (Phi) is 6.33. The molecule has 2 aliphatic rings. The number of rotatable bonds is 7. The summed E-state index contributed by atoms with van der Waals surface area (Å²) in [6.07, 6.45) is 4.42. The molecule has 1 aliphatic carbocycles. The fraction of sp³-hybridized carbons (Fsp3) is 0.391. The van der Waals surface area contributed by atoms with Gasteiger partial charge in [-0.15, -0.1) is 11.8 Å². The van der Waals surface area contributed by atoms with Gasteiger partial charge in [-0.05, 0) is 74.4 Å². The smallest absolute Gasteiger partial charge is 0.243 e. The number of nitrogens with one attached hydrogen (secondary N) is 1. The lowest BCUT2D eigenvalue weighted by molar-refractivity contribution is -0.120. The van der Waals surface area contributed by atoms with Crippen molar-refractivity contribution < 1.29 is 18.0 Å². The average molecular weight is 474 g/mol. The zero-order valence-corrected chi connectivity index (χ0v) is 20.0. The van der Waals surface area contributed by atoms with Gasteiger partial charge in [0.1, 0.15) is 0 Å². The summed E-state index contributed by atoms with van der Waals surface area (Å²) in [6, 6.07) is 12.3. The number of sulfonamides is 1. The quantitative estimate of drug-likeness (QED) is 0.623. The van der Waals surface area contributed by atoms with E-state index in [1.807, 2.05) is 36.3 Å². The molecule has 2 aromatic carbocycles. The number of hydrogen-bond acceptors (Lipinski definition) is 5. The van der Waals surface area contributed by atoms with Crippen molar-refractivity contribution in [2.45, 2.75) is 42.0 Å². The summed E-state index contributed by atoms with van der Waals surface area (Å²) < 4.78 is 27.2. The second kappa shape index (κ2) is 8.88. The molecular formula is C23H27N3O4S2. The maximum Gasteiger partial charge on any atom is 0.243 e. The molecule has 0 aromatic heterocycles. The first kappa shape index (κ1) is 22.8. The van der Waals surface area contributed by atoms with E-state index in [4.69, 9.17) is 0 Å². The number of hydrogen-bond donors (Lipinski definition) is 1. The Morgan fingerprint density at radius 3 is 2.62 bits per heavy atom. The summed E-state index contributed by atoms with van der Waals surface area (Å²) in [5.41, 5.74) is 2.27. The summed E-state index contributed by atoms with van der Waals surface area (Å²) in [6.45, 7) is 1.68. The molecule has 1 saturated carbocycles. The first-order valence-electron chi connectivity index (χ1n) is 10.6. The number of carbonyl (C=O) groups is 2. The summed E-state index contributed by atoms with van der Waals surface area (Å²) in [4.78, 5) is 28.0. The van der Waals surface area contributed by atoms with Crippen LogP contribution in [0.4, 0.5) is 11.4 Å². The molecule has 1 aliphatic heterocycles. The standard InChI is InChI=1S/C23H27N3O4S2/c1-15-11-17-12-20(9-10-21(17)26(15)23(28)16-7-8-16)32(29,30)25(2)14-22(27)24-18-5-4-6-19(13-18)31-3/h4-6,9-10,12-13,15-16H,7-8,11,14H2,1-3H3,(H,24,27). The van der Waals surface area contributed by atoms with E-state index in [9.17, 15) is 18.0 Å². The third-order valence-corrected chi connectivity index (χ3v) is 8.38. The zero-order chi connectivity index (χ0) is 23.0. The van der Waals surface area contributed by atoms with Gasteiger partial charge in [0, 0.05) is 35.3 Å². The third-order valence-electron chi connectivity index (χ3n) is 5.86. The van der Waals surface area contributed by atoms with Gasteiger partial charge < -0.3 is 10.2 Å². The van der Waals surface area contributed by atoms with Crippen molar-refractivity contribution in [3.8, 4) is 0 Å². The summed E-state index contributed by atoms with van der Waals surface area (Å²) >= 11 is 1.56. The van der Waals surface area contributed by atoms with Crippen molar-refractivity contribution >= 4 is 45.0 Å². The van der Waals surface area contributed by atoms with Gasteiger partial charge in [-0.1, -0.05) is 6.07 Å². The first-order chi connectivity index (χ1) is 15.2. The minimum Gasteiger partial charge on any atom is -0.325 e. The maximum absolute atomic E-state index is 13.1. The van der Waals surface area contributed by atoms with Crippen LogP contribution in [0.25, 0.3) is 0 Å². The Hall–Kier alpha value is -2.36. The minimum absolute atomic E-state index is 0.0107. The molecule has 0 spiro atoms. The van der Waals surface area contributed by atoms with Crippen LogP contribution in [-0.4, -0.2) is 50.4 Å². The molecule has 7 nitrogen and oxygen atoms in total. The van der Waals surface area contributed by atoms with E-state index in [0.29, 0.717) is 12.1 Å². The Morgan fingerprint density at radius 1 is 1.19 bits per heavy atom. The lowest BCUT2D eigenvalue weighted by atomic mass is 10.1. The molecule has 1 N–H and O–H groups in total. The molecule has 9 heteroatoms.